The largest absolute Gasteiger partial charge is 0.346 e. The van der Waals surface area contributed by atoms with E-state index in [2.05, 4.69) is 52.7 Å². The molecule has 2 N–H and O–H groups in total. The standard InChI is InChI=1S/C16H21BrN2/c1-16(2,5-6-18)12-8-11-4-3-7-19-10-14(17)13(9-12)15(11)19/h8-10H,3-7,18H2,1-2H3. The van der Waals surface area contributed by atoms with E-state index in [1.807, 2.05) is 0 Å². The van der Waals surface area contributed by atoms with Crippen LogP contribution in [0.5, 0.6) is 0 Å². The number of hydrogen-bond donors (Lipinski definition) is 1. The van der Waals surface area contributed by atoms with Crippen molar-refractivity contribution in [3.8, 4) is 0 Å². The molecule has 0 saturated heterocycles. The normalized spacial score (nSPS) is 15.2. The van der Waals surface area contributed by atoms with Gasteiger partial charge in [-0.25, -0.2) is 0 Å². The topological polar surface area (TPSA) is 30.9 Å². The maximum Gasteiger partial charge on any atom is 0.0524 e. The lowest BCUT2D eigenvalue weighted by Crippen LogP contribution is -2.22. The first kappa shape index (κ1) is 13.2. The summed E-state index contributed by atoms with van der Waals surface area (Å²) in [5.74, 6) is 0. The Bertz CT molecular complexity index is 625. The molecule has 0 spiro atoms. The van der Waals surface area contributed by atoms with Gasteiger partial charge in [-0.1, -0.05) is 19.9 Å². The summed E-state index contributed by atoms with van der Waals surface area (Å²) in [5.41, 5.74) is 10.3. The Labute approximate surface area is 123 Å². The van der Waals surface area contributed by atoms with Gasteiger partial charge in [-0.3, -0.25) is 0 Å². The highest BCUT2D eigenvalue weighted by Crippen LogP contribution is 2.37. The minimum Gasteiger partial charge on any atom is -0.346 e. The van der Waals surface area contributed by atoms with Gasteiger partial charge < -0.3 is 10.3 Å². The molecule has 0 bridgehead atoms. The molecule has 102 valence electrons. The number of rotatable bonds is 3. The Morgan fingerprint density at radius 3 is 2.89 bits per heavy atom. The molecule has 19 heavy (non-hydrogen) atoms. The second-order valence-electron chi connectivity index (χ2n) is 6.23. The SMILES string of the molecule is CC(C)(CCN)c1cc2c3c(c1)c(Br)cn3CCC2. The van der Waals surface area contributed by atoms with Crippen LogP contribution in [0.1, 0.15) is 37.8 Å². The van der Waals surface area contributed by atoms with E-state index in [0.717, 1.165) is 19.5 Å². The molecule has 2 heterocycles. The second-order valence-corrected chi connectivity index (χ2v) is 7.08. The van der Waals surface area contributed by atoms with Crippen molar-refractivity contribution >= 4 is 26.8 Å². The average molecular weight is 321 g/mol. The van der Waals surface area contributed by atoms with Gasteiger partial charge in [0.15, 0.2) is 0 Å². The second kappa shape index (κ2) is 4.64. The van der Waals surface area contributed by atoms with Crippen LogP contribution >= 0.6 is 15.9 Å². The maximum atomic E-state index is 5.77. The molecule has 0 unspecified atom stereocenters. The highest BCUT2D eigenvalue weighted by atomic mass is 79.9. The number of nitrogens with zero attached hydrogens (tertiary/aromatic N) is 1. The van der Waals surface area contributed by atoms with Crippen LogP contribution in [0, 0.1) is 0 Å². The van der Waals surface area contributed by atoms with Crippen LogP contribution in [0.2, 0.25) is 0 Å². The summed E-state index contributed by atoms with van der Waals surface area (Å²) in [5, 5.41) is 1.36. The summed E-state index contributed by atoms with van der Waals surface area (Å²) in [7, 11) is 0. The highest BCUT2D eigenvalue weighted by molar-refractivity contribution is 9.10. The molecule has 1 aliphatic heterocycles. The van der Waals surface area contributed by atoms with Crippen LogP contribution < -0.4 is 5.73 Å². The number of aromatic nitrogens is 1. The van der Waals surface area contributed by atoms with E-state index in [1.54, 1.807) is 0 Å². The molecular formula is C16H21BrN2. The molecule has 0 aliphatic carbocycles. The maximum absolute atomic E-state index is 5.77. The van der Waals surface area contributed by atoms with E-state index in [0.29, 0.717) is 0 Å². The lowest BCUT2D eigenvalue weighted by molar-refractivity contribution is 0.487. The third-order valence-corrected chi connectivity index (χ3v) is 5.03. The van der Waals surface area contributed by atoms with E-state index >= 15 is 0 Å². The zero-order valence-corrected chi connectivity index (χ0v) is 13.3. The molecule has 3 rings (SSSR count). The van der Waals surface area contributed by atoms with Crippen LogP contribution in [-0.2, 0) is 18.4 Å². The smallest absolute Gasteiger partial charge is 0.0524 e. The fourth-order valence-electron chi connectivity index (χ4n) is 3.19. The summed E-state index contributed by atoms with van der Waals surface area (Å²) in [6, 6.07) is 4.75. The molecule has 2 aromatic rings. The number of halogens is 1. The van der Waals surface area contributed by atoms with E-state index < -0.39 is 0 Å². The molecule has 0 amide bonds. The molecule has 0 saturated carbocycles. The first-order valence-corrected chi connectivity index (χ1v) is 7.84. The van der Waals surface area contributed by atoms with E-state index in [-0.39, 0.29) is 5.41 Å². The summed E-state index contributed by atoms with van der Waals surface area (Å²) in [6.07, 6.45) is 5.69. The molecule has 0 radical (unpaired) electrons. The molecule has 2 nitrogen and oxygen atoms in total. The lowest BCUT2D eigenvalue weighted by Gasteiger charge is -2.27. The van der Waals surface area contributed by atoms with Gasteiger partial charge in [0.2, 0.25) is 0 Å². The minimum absolute atomic E-state index is 0.151. The molecule has 3 heteroatoms. The first-order valence-electron chi connectivity index (χ1n) is 7.05. The first-order chi connectivity index (χ1) is 9.03. The molecular weight excluding hydrogens is 300 g/mol. The third kappa shape index (κ3) is 2.13. The van der Waals surface area contributed by atoms with Gasteiger partial charge in [0.05, 0.1) is 5.52 Å². The van der Waals surface area contributed by atoms with Crippen molar-refractivity contribution in [1.29, 1.82) is 0 Å². The number of aryl methyl sites for hydroxylation is 2. The van der Waals surface area contributed by atoms with Crippen LogP contribution in [-0.4, -0.2) is 11.1 Å². The van der Waals surface area contributed by atoms with Crippen molar-refractivity contribution in [2.45, 2.75) is 45.1 Å². The molecule has 1 aromatic carbocycles. The Morgan fingerprint density at radius 1 is 1.37 bits per heavy atom. The van der Waals surface area contributed by atoms with Gasteiger partial charge in [0.25, 0.3) is 0 Å². The van der Waals surface area contributed by atoms with Crippen LogP contribution in [0.25, 0.3) is 10.9 Å². The molecule has 1 aliphatic rings. The van der Waals surface area contributed by atoms with Crippen LogP contribution in [0.3, 0.4) is 0 Å². The lowest BCUT2D eigenvalue weighted by atomic mass is 9.80. The zero-order valence-electron chi connectivity index (χ0n) is 11.7. The zero-order chi connectivity index (χ0) is 13.6. The van der Waals surface area contributed by atoms with Gasteiger partial charge in [-0.15, -0.1) is 0 Å². The summed E-state index contributed by atoms with van der Waals surface area (Å²) < 4.78 is 3.61. The fraction of sp³-hybridized carbons (Fsp3) is 0.500. The Balaban J connectivity index is 2.22. The van der Waals surface area contributed by atoms with Gasteiger partial charge in [0.1, 0.15) is 0 Å². The van der Waals surface area contributed by atoms with E-state index in [1.165, 1.54) is 39.3 Å². The Hall–Kier alpha value is -0.800. The third-order valence-electron chi connectivity index (χ3n) is 4.40. The number of hydrogen-bond acceptors (Lipinski definition) is 1. The summed E-state index contributed by atoms with van der Waals surface area (Å²) in [6.45, 7) is 6.46. The van der Waals surface area contributed by atoms with Crippen molar-refractivity contribution in [1.82, 2.24) is 4.57 Å². The van der Waals surface area contributed by atoms with Crippen molar-refractivity contribution in [3.05, 3.63) is 33.9 Å². The number of benzene rings is 1. The summed E-state index contributed by atoms with van der Waals surface area (Å²) >= 11 is 3.71. The predicted octanol–water partition coefficient (Wildman–Crippen LogP) is 3.98. The minimum atomic E-state index is 0.151. The quantitative estimate of drug-likeness (QED) is 0.911. The van der Waals surface area contributed by atoms with Crippen molar-refractivity contribution in [3.63, 3.8) is 0 Å². The van der Waals surface area contributed by atoms with Crippen molar-refractivity contribution in [2.75, 3.05) is 6.54 Å². The number of nitrogens with two attached hydrogens (primary N) is 1. The fourth-order valence-corrected chi connectivity index (χ4v) is 3.74. The van der Waals surface area contributed by atoms with Crippen molar-refractivity contribution in [2.24, 2.45) is 5.73 Å². The Morgan fingerprint density at radius 2 is 2.16 bits per heavy atom. The Kier molecular flexibility index (Phi) is 3.22. The highest BCUT2D eigenvalue weighted by Gasteiger charge is 2.24. The average Bonchev–Trinajstić information content (AvgIpc) is 2.68. The van der Waals surface area contributed by atoms with Gasteiger partial charge in [-0.05, 0) is 64.3 Å². The molecule has 1 aromatic heterocycles. The van der Waals surface area contributed by atoms with Gasteiger partial charge in [-0.2, -0.15) is 0 Å². The molecule has 0 atom stereocenters. The monoisotopic (exact) mass is 320 g/mol. The molecule has 0 fully saturated rings. The van der Waals surface area contributed by atoms with Gasteiger partial charge in [0, 0.05) is 22.6 Å². The van der Waals surface area contributed by atoms with Gasteiger partial charge >= 0.3 is 0 Å². The van der Waals surface area contributed by atoms with E-state index in [4.69, 9.17) is 5.73 Å². The van der Waals surface area contributed by atoms with E-state index in [9.17, 15) is 0 Å². The van der Waals surface area contributed by atoms with Crippen LogP contribution in [0.4, 0.5) is 0 Å². The van der Waals surface area contributed by atoms with Crippen molar-refractivity contribution < 1.29 is 0 Å². The summed E-state index contributed by atoms with van der Waals surface area (Å²) in [4.78, 5) is 0. The van der Waals surface area contributed by atoms with Crippen LogP contribution in [0.15, 0.2) is 22.8 Å². The predicted molar refractivity (Wildman–Crippen MR) is 84.7 cm³/mol.